The van der Waals surface area contributed by atoms with Crippen molar-refractivity contribution in [2.24, 2.45) is 0 Å². The third kappa shape index (κ3) is 3.05. The first-order valence-corrected chi connectivity index (χ1v) is 6.97. The number of hydrogen-bond donors (Lipinski definition) is 2. The fourth-order valence-electron chi connectivity index (χ4n) is 2.79. The number of nitrogens with zero attached hydrogens (tertiary/aromatic N) is 3. The zero-order chi connectivity index (χ0) is 15.7. The summed E-state index contributed by atoms with van der Waals surface area (Å²) in [5.41, 5.74) is 6.26. The SMILES string of the molecule is Nc1ccnc(CN2C[C@H](O)C[C@H]2c2ccc(F)c(F)c2)n1. The molecule has 116 valence electrons. The molecule has 0 bridgehead atoms. The summed E-state index contributed by atoms with van der Waals surface area (Å²) in [6, 6.07) is 5.19. The second-order valence-electron chi connectivity index (χ2n) is 5.41. The van der Waals surface area contributed by atoms with E-state index in [9.17, 15) is 13.9 Å². The number of halogens is 2. The van der Waals surface area contributed by atoms with Gasteiger partial charge in [0.05, 0.1) is 12.6 Å². The number of nitrogen functional groups attached to an aromatic ring is 1. The molecule has 7 heteroatoms. The van der Waals surface area contributed by atoms with Crippen LogP contribution in [0.15, 0.2) is 30.5 Å². The van der Waals surface area contributed by atoms with Gasteiger partial charge in [-0.05, 0) is 30.2 Å². The van der Waals surface area contributed by atoms with Crippen LogP contribution < -0.4 is 5.73 Å². The van der Waals surface area contributed by atoms with E-state index in [0.29, 0.717) is 36.7 Å². The number of anilines is 1. The molecular formula is C15H16F2N4O. The van der Waals surface area contributed by atoms with Gasteiger partial charge in [-0.25, -0.2) is 18.7 Å². The molecule has 3 rings (SSSR count). The minimum atomic E-state index is -0.890. The van der Waals surface area contributed by atoms with Crippen LogP contribution in [0.5, 0.6) is 0 Å². The van der Waals surface area contributed by atoms with Crippen LogP contribution in [-0.4, -0.2) is 32.6 Å². The molecule has 0 aliphatic carbocycles. The quantitative estimate of drug-likeness (QED) is 0.902. The highest BCUT2D eigenvalue weighted by atomic mass is 19.2. The zero-order valence-electron chi connectivity index (χ0n) is 11.8. The fourth-order valence-corrected chi connectivity index (χ4v) is 2.79. The number of benzene rings is 1. The topological polar surface area (TPSA) is 75.3 Å². The van der Waals surface area contributed by atoms with Crippen molar-refractivity contribution in [1.29, 1.82) is 0 Å². The van der Waals surface area contributed by atoms with E-state index in [4.69, 9.17) is 5.73 Å². The lowest BCUT2D eigenvalue weighted by atomic mass is 10.0. The van der Waals surface area contributed by atoms with Gasteiger partial charge in [-0.2, -0.15) is 0 Å². The molecule has 1 fully saturated rings. The number of β-amino-alcohol motifs (C(OH)–C–C–N with tert-alkyl or cyclic N) is 1. The molecule has 5 nitrogen and oxygen atoms in total. The van der Waals surface area contributed by atoms with Gasteiger partial charge in [0, 0.05) is 18.8 Å². The molecule has 2 atom stereocenters. The van der Waals surface area contributed by atoms with Crippen LogP contribution in [0.25, 0.3) is 0 Å². The molecule has 1 aliphatic rings. The summed E-state index contributed by atoms with van der Waals surface area (Å²) in [6.07, 6.45) is 1.49. The summed E-state index contributed by atoms with van der Waals surface area (Å²) < 4.78 is 26.5. The van der Waals surface area contributed by atoms with Crippen LogP contribution in [0, 0.1) is 11.6 Å². The van der Waals surface area contributed by atoms with Gasteiger partial charge < -0.3 is 10.8 Å². The predicted molar refractivity (Wildman–Crippen MR) is 76.6 cm³/mol. The van der Waals surface area contributed by atoms with Crippen LogP contribution in [0.2, 0.25) is 0 Å². The summed E-state index contributed by atoms with van der Waals surface area (Å²) in [5, 5.41) is 9.91. The average Bonchev–Trinajstić information content (AvgIpc) is 2.82. The van der Waals surface area contributed by atoms with Crippen LogP contribution in [0.3, 0.4) is 0 Å². The van der Waals surface area contributed by atoms with E-state index in [2.05, 4.69) is 9.97 Å². The van der Waals surface area contributed by atoms with Crippen molar-refractivity contribution in [2.75, 3.05) is 12.3 Å². The van der Waals surface area contributed by atoms with Crippen LogP contribution in [0.1, 0.15) is 23.9 Å². The Balaban J connectivity index is 1.84. The van der Waals surface area contributed by atoms with Gasteiger partial charge in [-0.1, -0.05) is 6.07 Å². The van der Waals surface area contributed by atoms with Gasteiger partial charge in [0.2, 0.25) is 0 Å². The van der Waals surface area contributed by atoms with Crippen molar-refractivity contribution in [3.05, 3.63) is 53.5 Å². The Kier molecular flexibility index (Phi) is 4.00. The third-order valence-electron chi connectivity index (χ3n) is 3.78. The molecule has 0 spiro atoms. The normalized spacial score (nSPS) is 22.1. The highest BCUT2D eigenvalue weighted by Gasteiger charge is 2.32. The maximum absolute atomic E-state index is 13.4. The van der Waals surface area contributed by atoms with Crippen molar-refractivity contribution in [2.45, 2.75) is 25.1 Å². The van der Waals surface area contributed by atoms with Crippen LogP contribution in [0.4, 0.5) is 14.6 Å². The van der Waals surface area contributed by atoms with Gasteiger partial charge >= 0.3 is 0 Å². The number of aromatic nitrogens is 2. The molecule has 1 aromatic carbocycles. The van der Waals surface area contributed by atoms with E-state index in [1.807, 2.05) is 4.90 Å². The number of nitrogens with two attached hydrogens (primary N) is 1. The highest BCUT2D eigenvalue weighted by molar-refractivity contribution is 5.26. The molecule has 1 aromatic heterocycles. The Hall–Kier alpha value is -2.12. The lowest BCUT2D eigenvalue weighted by Gasteiger charge is -2.23. The van der Waals surface area contributed by atoms with Gasteiger partial charge in [0.15, 0.2) is 11.6 Å². The monoisotopic (exact) mass is 306 g/mol. The number of rotatable bonds is 3. The van der Waals surface area contributed by atoms with Gasteiger partial charge in [-0.3, -0.25) is 4.90 Å². The largest absolute Gasteiger partial charge is 0.392 e. The number of aliphatic hydroxyl groups is 1. The molecule has 2 heterocycles. The molecule has 0 amide bonds. The molecule has 0 saturated carbocycles. The first-order valence-electron chi connectivity index (χ1n) is 6.97. The summed E-state index contributed by atoms with van der Waals surface area (Å²) in [6.45, 7) is 0.799. The average molecular weight is 306 g/mol. The number of hydrogen-bond acceptors (Lipinski definition) is 5. The number of aliphatic hydroxyl groups excluding tert-OH is 1. The Labute approximate surface area is 126 Å². The van der Waals surface area contributed by atoms with E-state index in [0.717, 1.165) is 6.07 Å². The maximum atomic E-state index is 13.4. The van der Waals surface area contributed by atoms with Crippen molar-refractivity contribution >= 4 is 5.82 Å². The lowest BCUT2D eigenvalue weighted by Crippen LogP contribution is -2.25. The summed E-state index contributed by atoms with van der Waals surface area (Å²) >= 11 is 0. The molecule has 3 N–H and O–H groups in total. The Bertz CT molecular complexity index is 682. The Morgan fingerprint density at radius 3 is 2.82 bits per heavy atom. The molecular weight excluding hydrogens is 290 g/mol. The fraction of sp³-hybridized carbons (Fsp3) is 0.333. The Morgan fingerprint density at radius 2 is 2.09 bits per heavy atom. The van der Waals surface area contributed by atoms with E-state index < -0.39 is 17.7 Å². The predicted octanol–water partition coefficient (Wildman–Crippen LogP) is 1.64. The molecule has 0 radical (unpaired) electrons. The molecule has 22 heavy (non-hydrogen) atoms. The standard InChI is InChI=1S/C15H16F2N4O/c16-11-2-1-9(5-12(11)17)13-6-10(22)7-21(13)8-15-19-4-3-14(18)20-15/h1-5,10,13,22H,6-8H2,(H2,18,19,20)/t10-,13+/m1/s1. The van der Waals surface area contributed by atoms with Gasteiger partial charge in [0.1, 0.15) is 11.6 Å². The van der Waals surface area contributed by atoms with E-state index in [1.54, 1.807) is 12.3 Å². The van der Waals surface area contributed by atoms with Gasteiger partial charge in [-0.15, -0.1) is 0 Å². The first kappa shape index (κ1) is 14.8. The number of likely N-dealkylation sites (tertiary alicyclic amines) is 1. The zero-order valence-corrected chi connectivity index (χ0v) is 11.8. The van der Waals surface area contributed by atoms with Crippen molar-refractivity contribution in [1.82, 2.24) is 14.9 Å². The second-order valence-corrected chi connectivity index (χ2v) is 5.41. The summed E-state index contributed by atoms with van der Waals surface area (Å²) in [4.78, 5) is 10.2. The summed E-state index contributed by atoms with van der Waals surface area (Å²) in [5.74, 6) is -0.872. The van der Waals surface area contributed by atoms with Crippen LogP contribution in [-0.2, 0) is 6.54 Å². The van der Waals surface area contributed by atoms with Gasteiger partial charge in [0.25, 0.3) is 0 Å². The maximum Gasteiger partial charge on any atom is 0.159 e. The van der Waals surface area contributed by atoms with Crippen molar-refractivity contribution < 1.29 is 13.9 Å². The molecule has 1 saturated heterocycles. The third-order valence-corrected chi connectivity index (χ3v) is 3.78. The molecule has 1 aliphatic heterocycles. The van der Waals surface area contributed by atoms with Crippen molar-refractivity contribution in [3.63, 3.8) is 0 Å². The smallest absolute Gasteiger partial charge is 0.159 e. The van der Waals surface area contributed by atoms with Crippen molar-refractivity contribution in [3.8, 4) is 0 Å². The summed E-state index contributed by atoms with van der Waals surface area (Å²) in [7, 11) is 0. The second kappa shape index (κ2) is 5.94. The van der Waals surface area contributed by atoms with Crippen LogP contribution >= 0.6 is 0 Å². The van der Waals surface area contributed by atoms with E-state index in [-0.39, 0.29) is 6.04 Å². The van der Waals surface area contributed by atoms with E-state index >= 15 is 0 Å². The minimum Gasteiger partial charge on any atom is -0.392 e. The lowest BCUT2D eigenvalue weighted by molar-refractivity contribution is 0.171. The highest BCUT2D eigenvalue weighted by Crippen LogP contribution is 2.33. The van der Waals surface area contributed by atoms with E-state index in [1.165, 1.54) is 12.1 Å². The minimum absolute atomic E-state index is 0.213. The molecule has 2 aromatic rings. The molecule has 0 unspecified atom stereocenters. The first-order chi connectivity index (χ1) is 10.5. The Morgan fingerprint density at radius 1 is 1.27 bits per heavy atom.